The van der Waals surface area contributed by atoms with Crippen LogP contribution in [0.5, 0.6) is 5.75 Å². The van der Waals surface area contributed by atoms with Gasteiger partial charge in [-0.15, -0.1) is 11.3 Å². The van der Waals surface area contributed by atoms with Gasteiger partial charge < -0.3 is 24.6 Å². The molecular formula is C21H25NO6S. The van der Waals surface area contributed by atoms with Crippen molar-refractivity contribution < 1.29 is 29.3 Å². The predicted molar refractivity (Wildman–Crippen MR) is 111 cm³/mol. The normalized spacial score (nSPS) is 16.8. The molecule has 1 saturated heterocycles. The van der Waals surface area contributed by atoms with Gasteiger partial charge in [0.2, 0.25) is 0 Å². The van der Waals surface area contributed by atoms with Gasteiger partial charge in [-0.3, -0.25) is 0 Å². The van der Waals surface area contributed by atoms with Crippen molar-refractivity contribution in [3.05, 3.63) is 64.4 Å². The SMILES string of the molecule is CN1CCOC(COc2ccccc2Cc2cccs2)C1.O=C(O)/C=C\C(=O)O. The van der Waals surface area contributed by atoms with E-state index in [-0.39, 0.29) is 6.10 Å². The second-order valence-corrected chi connectivity index (χ2v) is 7.47. The number of thiophene rings is 1. The maximum atomic E-state index is 9.55. The number of morpholine rings is 1. The molecule has 8 heteroatoms. The topological polar surface area (TPSA) is 96.3 Å². The summed E-state index contributed by atoms with van der Waals surface area (Å²) < 4.78 is 11.8. The van der Waals surface area contributed by atoms with Crippen LogP contribution in [0.15, 0.2) is 53.9 Å². The summed E-state index contributed by atoms with van der Waals surface area (Å²) in [6.07, 6.45) is 2.21. The summed E-state index contributed by atoms with van der Waals surface area (Å²) in [4.78, 5) is 22.8. The summed E-state index contributed by atoms with van der Waals surface area (Å²) >= 11 is 1.79. The van der Waals surface area contributed by atoms with Gasteiger partial charge in [0.15, 0.2) is 0 Å². The average molecular weight is 419 g/mol. The number of hydrogen-bond donors (Lipinski definition) is 2. The number of likely N-dealkylation sites (N-methyl/N-ethyl adjacent to an activating group) is 1. The molecule has 1 fully saturated rings. The van der Waals surface area contributed by atoms with Crippen LogP contribution in [0.2, 0.25) is 0 Å². The lowest BCUT2D eigenvalue weighted by atomic mass is 10.1. The van der Waals surface area contributed by atoms with Gasteiger partial charge in [-0.05, 0) is 30.1 Å². The Labute approximate surface area is 173 Å². The molecule has 0 aliphatic carbocycles. The highest BCUT2D eigenvalue weighted by Gasteiger charge is 2.18. The molecule has 3 rings (SSSR count). The number of para-hydroxylation sites is 1. The Balaban J connectivity index is 0.000000321. The highest BCUT2D eigenvalue weighted by Crippen LogP contribution is 2.24. The third-order valence-corrected chi connectivity index (χ3v) is 4.93. The van der Waals surface area contributed by atoms with Gasteiger partial charge in [-0.2, -0.15) is 0 Å². The molecule has 1 unspecified atom stereocenters. The molecule has 0 spiro atoms. The zero-order valence-electron chi connectivity index (χ0n) is 16.2. The van der Waals surface area contributed by atoms with Gasteiger partial charge in [-0.25, -0.2) is 9.59 Å². The smallest absolute Gasteiger partial charge is 0.328 e. The third-order valence-electron chi connectivity index (χ3n) is 4.05. The van der Waals surface area contributed by atoms with Gasteiger partial charge >= 0.3 is 11.9 Å². The van der Waals surface area contributed by atoms with Gasteiger partial charge in [-0.1, -0.05) is 24.3 Å². The molecule has 1 aromatic carbocycles. The molecule has 7 nitrogen and oxygen atoms in total. The number of ether oxygens (including phenoxy) is 2. The van der Waals surface area contributed by atoms with Crippen LogP contribution in [0.25, 0.3) is 0 Å². The first-order valence-corrected chi connectivity index (χ1v) is 9.99. The van der Waals surface area contributed by atoms with Crippen molar-refractivity contribution in [3.63, 3.8) is 0 Å². The quantitative estimate of drug-likeness (QED) is 0.666. The Kier molecular flexibility index (Phi) is 9.36. The molecule has 1 aliphatic rings. The zero-order chi connectivity index (χ0) is 21.1. The molecule has 0 saturated carbocycles. The van der Waals surface area contributed by atoms with E-state index in [1.807, 2.05) is 6.07 Å². The van der Waals surface area contributed by atoms with Crippen LogP contribution >= 0.6 is 11.3 Å². The van der Waals surface area contributed by atoms with Crippen LogP contribution in [0.4, 0.5) is 0 Å². The highest BCUT2D eigenvalue weighted by atomic mass is 32.1. The fourth-order valence-electron chi connectivity index (χ4n) is 2.68. The molecule has 29 heavy (non-hydrogen) atoms. The summed E-state index contributed by atoms with van der Waals surface area (Å²) in [6.45, 7) is 3.35. The fraction of sp³-hybridized carbons (Fsp3) is 0.333. The van der Waals surface area contributed by atoms with E-state index in [1.165, 1.54) is 10.4 Å². The van der Waals surface area contributed by atoms with E-state index in [9.17, 15) is 9.59 Å². The molecule has 2 N–H and O–H groups in total. The first-order chi connectivity index (χ1) is 13.9. The zero-order valence-corrected chi connectivity index (χ0v) is 17.0. The van der Waals surface area contributed by atoms with Crippen LogP contribution in [0, 0.1) is 0 Å². The minimum absolute atomic E-state index is 0.165. The molecular weight excluding hydrogens is 394 g/mol. The fourth-order valence-corrected chi connectivity index (χ4v) is 3.41. The summed E-state index contributed by atoms with van der Waals surface area (Å²) in [5.74, 6) is -1.54. The van der Waals surface area contributed by atoms with Crippen LogP contribution < -0.4 is 4.74 Å². The minimum atomic E-state index is -1.26. The number of nitrogens with zero attached hydrogens (tertiary/aromatic N) is 1. The lowest BCUT2D eigenvalue weighted by Gasteiger charge is -2.30. The van der Waals surface area contributed by atoms with Crippen LogP contribution in [-0.4, -0.2) is 66.5 Å². The average Bonchev–Trinajstić information content (AvgIpc) is 3.19. The third kappa shape index (κ3) is 8.91. The lowest BCUT2D eigenvalue weighted by molar-refractivity contribution is -0.134. The molecule has 1 aliphatic heterocycles. The second-order valence-electron chi connectivity index (χ2n) is 6.44. The minimum Gasteiger partial charge on any atom is -0.491 e. The monoisotopic (exact) mass is 419 g/mol. The van der Waals surface area contributed by atoms with E-state index in [4.69, 9.17) is 19.7 Å². The lowest BCUT2D eigenvalue weighted by Crippen LogP contribution is -2.42. The van der Waals surface area contributed by atoms with Gasteiger partial charge in [0.25, 0.3) is 0 Å². The molecule has 0 bridgehead atoms. The molecule has 2 aromatic rings. The van der Waals surface area contributed by atoms with Crippen molar-refractivity contribution in [2.45, 2.75) is 12.5 Å². The molecule has 2 heterocycles. The molecule has 0 radical (unpaired) electrons. The Morgan fingerprint density at radius 1 is 1.21 bits per heavy atom. The van der Waals surface area contributed by atoms with E-state index in [0.29, 0.717) is 18.8 Å². The number of aliphatic carboxylic acids is 2. The van der Waals surface area contributed by atoms with E-state index in [0.717, 1.165) is 31.9 Å². The number of carboxylic acids is 2. The Morgan fingerprint density at radius 3 is 2.55 bits per heavy atom. The highest BCUT2D eigenvalue weighted by molar-refractivity contribution is 7.09. The molecule has 1 aromatic heterocycles. The summed E-state index contributed by atoms with van der Waals surface area (Å²) in [7, 11) is 2.13. The number of rotatable bonds is 7. The Hall–Kier alpha value is -2.68. The molecule has 156 valence electrons. The maximum Gasteiger partial charge on any atom is 0.328 e. The number of carboxylic acid groups (broad SMARTS) is 2. The van der Waals surface area contributed by atoms with Crippen LogP contribution in [0.1, 0.15) is 10.4 Å². The molecule has 0 amide bonds. The van der Waals surface area contributed by atoms with E-state index in [1.54, 1.807) is 11.3 Å². The van der Waals surface area contributed by atoms with Crippen molar-refractivity contribution in [1.29, 1.82) is 0 Å². The standard InChI is InChI=1S/C17H21NO2S.C4H4O4/c1-18-8-9-19-15(12-18)13-20-17-7-3-2-5-14(17)11-16-6-4-10-21-16;5-3(6)1-2-4(7)8/h2-7,10,15H,8-9,11-13H2,1H3;1-2H,(H,5,6)(H,7,8)/b;2-1-. The second kappa shape index (κ2) is 12.0. The van der Waals surface area contributed by atoms with E-state index < -0.39 is 11.9 Å². The summed E-state index contributed by atoms with van der Waals surface area (Å²) in [5, 5.41) is 17.7. The van der Waals surface area contributed by atoms with Gasteiger partial charge in [0, 0.05) is 36.5 Å². The predicted octanol–water partition coefficient (Wildman–Crippen LogP) is 2.76. The number of hydrogen-bond acceptors (Lipinski definition) is 6. The van der Waals surface area contributed by atoms with Gasteiger partial charge in [0.05, 0.1) is 6.61 Å². The van der Waals surface area contributed by atoms with Gasteiger partial charge in [0.1, 0.15) is 18.5 Å². The van der Waals surface area contributed by atoms with Crippen molar-refractivity contribution >= 4 is 23.3 Å². The number of benzene rings is 1. The maximum absolute atomic E-state index is 9.55. The van der Waals surface area contributed by atoms with Crippen molar-refractivity contribution in [1.82, 2.24) is 4.90 Å². The van der Waals surface area contributed by atoms with E-state index in [2.05, 4.69) is 47.7 Å². The largest absolute Gasteiger partial charge is 0.491 e. The summed E-state index contributed by atoms with van der Waals surface area (Å²) in [6, 6.07) is 12.6. The van der Waals surface area contributed by atoms with Crippen LogP contribution in [0.3, 0.4) is 0 Å². The first kappa shape index (κ1) is 22.6. The van der Waals surface area contributed by atoms with E-state index >= 15 is 0 Å². The van der Waals surface area contributed by atoms with Crippen molar-refractivity contribution in [3.8, 4) is 5.75 Å². The van der Waals surface area contributed by atoms with Crippen molar-refractivity contribution in [2.75, 3.05) is 33.4 Å². The Morgan fingerprint density at radius 2 is 1.93 bits per heavy atom. The molecule has 1 atom stereocenters. The number of carbonyl (C=O) groups is 2. The first-order valence-electron chi connectivity index (χ1n) is 9.11. The van der Waals surface area contributed by atoms with Crippen molar-refractivity contribution in [2.24, 2.45) is 0 Å². The van der Waals surface area contributed by atoms with Crippen LogP contribution in [-0.2, 0) is 20.7 Å². The Bertz CT molecular complexity index is 789. The summed E-state index contributed by atoms with van der Waals surface area (Å²) in [5.41, 5.74) is 1.24.